The first kappa shape index (κ1) is 20.7. The van der Waals surface area contributed by atoms with E-state index in [0.717, 1.165) is 22.0 Å². The molecule has 0 saturated carbocycles. The third kappa shape index (κ3) is 4.61. The van der Waals surface area contributed by atoms with E-state index in [1.807, 2.05) is 32.0 Å². The quantitative estimate of drug-likeness (QED) is 0.437. The molecule has 0 atom stereocenters. The number of hydrogen-bond donors (Lipinski definition) is 1. The fraction of sp³-hybridized carbons (Fsp3) is 0.182. The Morgan fingerprint density at radius 1 is 1.35 bits per heavy atom. The molecule has 1 N–H and O–H groups in total. The van der Waals surface area contributed by atoms with Gasteiger partial charge in [0.15, 0.2) is 0 Å². The van der Waals surface area contributed by atoms with Crippen LogP contribution < -0.4 is 0 Å². The zero-order chi connectivity index (χ0) is 19.5. The van der Waals surface area contributed by atoms with E-state index in [9.17, 15) is 10.1 Å². The summed E-state index contributed by atoms with van der Waals surface area (Å²) in [5.41, 5.74) is 3.44. The van der Waals surface area contributed by atoms with Crippen molar-refractivity contribution in [2.45, 2.75) is 20.8 Å². The van der Waals surface area contributed by atoms with Crippen LogP contribution in [0.1, 0.15) is 31.9 Å². The molecule has 0 bridgehead atoms. The number of nitrogens with zero attached hydrogens (tertiary/aromatic N) is 1. The molecule has 26 heavy (non-hydrogen) atoms. The molecule has 2 aromatic rings. The third-order valence-corrected chi connectivity index (χ3v) is 3.49. The van der Waals surface area contributed by atoms with Gasteiger partial charge in [0, 0.05) is 23.2 Å². The van der Waals surface area contributed by atoms with E-state index in [1.165, 1.54) is 6.08 Å². The molecule has 0 radical (unpaired) electrons. The molecule has 4 heteroatoms. The van der Waals surface area contributed by atoms with Crippen molar-refractivity contribution >= 4 is 22.4 Å². The summed E-state index contributed by atoms with van der Waals surface area (Å²) >= 11 is 0. The molecule has 1 heterocycles. The van der Waals surface area contributed by atoms with Crippen LogP contribution in [0.5, 0.6) is 0 Å². The number of benzene rings is 1. The van der Waals surface area contributed by atoms with E-state index in [4.69, 9.17) is 4.74 Å². The molecule has 1 aromatic carbocycles. The van der Waals surface area contributed by atoms with Crippen molar-refractivity contribution in [3.63, 3.8) is 0 Å². The summed E-state index contributed by atoms with van der Waals surface area (Å²) in [6.07, 6.45) is 8.10. The number of esters is 1. The second-order valence-corrected chi connectivity index (χ2v) is 4.91. The molecule has 0 amide bonds. The maximum absolute atomic E-state index is 12.0. The Morgan fingerprint density at radius 2 is 2.08 bits per heavy atom. The minimum absolute atomic E-state index is 0.287. The van der Waals surface area contributed by atoms with Crippen LogP contribution in [0.25, 0.3) is 16.5 Å². The van der Waals surface area contributed by atoms with Gasteiger partial charge in [0.1, 0.15) is 6.07 Å². The predicted octanol–water partition coefficient (Wildman–Crippen LogP) is 5.31. The van der Waals surface area contributed by atoms with Crippen LogP contribution in [-0.2, 0) is 9.53 Å². The van der Waals surface area contributed by atoms with Crippen molar-refractivity contribution in [2.24, 2.45) is 0 Å². The van der Waals surface area contributed by atoms with Crippen molar-refractivity contribution < 1.29 is 9.53 Å². The van der Waals surface area contributed by atoms with E-state index >= 15 is 0 Å². The van der Waals surface area contributed by atoms with Crippen LogP contribution in [0.4, 0.5) is 0 Å². The molecule has 1 aromatic heterocycles. The average molecular weight is 348 g/mol. The number of H-pyrrole nitrogens is 1. The lowest BCUT2D eigenvalue weighted by Crippen LogP contribution is -2.02. The Hall–Kier alpha value is -3.32. The highest BCUT2D eigenvalue weighted by molar-refractivity contribution is 6.05. The Morgan fingerprint density at radius 3 is 2.65 bits per heavy atom. The smallest absolute Gasteiger partial charge is 0.331 e. The molecular weight excluding hydrogens is 324 g/mol. The molecule has 0 spiro atoms. The molecule has 0 fully saturated rings. The van der Waals surface area contributed by atoms with Crippen LogP contribution >= 0.6 is 0 Å². The normalized spacial score (nSPS) is 11.2. The number of allylic oxidation sites excluding steroid dienone is 5. The van der Waals surface area contributed by atoms with Gasteiger partial charge in [-0.15, -0.1) is 0 Å². The Kier molecular flexibility index (Phi) is 8.39. The molecule has 0 unspecified atom stereocenters. The number of aromatic amines is 1. The molecule has 0 aliphatic heterocycles. The lowest BCUT2D eigenvalue weighted by Gasteiger charge is -2.11. The first-order valence-electron chi connectivity index (χ1n) is 8.50. The van der Waals surface area contributed by atoms with Gasteiger partial charge < -0.3 is 9.72 Å². The first-order chi connectivity index (χ1) is 12.7. The summed E-state index contributed by atoms with van der Waals surface area (Å²) in [6.45, 7) is 13.5. The van der Waals surface area contributed by atoms with Gasteiger partial charge >= 0.3 is 5.97 Å². The van der Waals surface area contributed by atoms with Crippen LogP contribution in [0.2, 0.25) is 0 Å². The van der Waals surface area contributed by atoms with Gasteiger partial charge in [-0.25, -0.2) is 4.79 Å². The number of fused-ring (bicyclic) bond motifs is 1. The summed E-state index contributed by atoms with van der Waals surface area (Å²) in [5, 5.41) is 10.1. The predicted molar refractivity (Wildman–Crippen MR) is 107 cm³/mol. The Bertz CT molecular complexity index is 892. The first-order valence-corrected chi connectivity index (χ1v) is 8.50. The van der Waals surface area contributed by atoms with Crippen LogP contribution in [0.15, 0.2) is 67.4 Å². The highest BCUT2D eigenvalue weighted by atomic mass is 16.5. The monoisotopic (exact) mass is 348 g/mol. The molecule has 0 aliphatic rings. The molecule has 2 rings (SSSR count). The van der Waals surface area contributed by atoms with Gasteiger partial charge in [-0.2, -0.15) is 5.26 Å². The molecule has 134 valence electrons. The number of nitrogens with one attached hydrogen (secondary N) is 1. The fourth-order valence-electron chi connectivity index (χ4n) is 2.51. The number of nitriles is 1. The maximum Gasteiger partial charge on any atom is 0.331 e. The van der Waals surface area contributed by atoms with Gasteiger partial charge in [-0.1, -0.05) is 57.4 Å². The third-order valence-electron chi connectivity index (χ3n) is 3.49. The summed E-state index contributed by atoms with van der Waals surface area (Å²) in [5.74, 6) is -0.449. The molecule has 0 saturated heterocycles. The second-order valence-electron chi connectivity index (χ2n) is 4.91. The van der Waals surface area contributed by atoms with E-state index < -0.39 is 5.97 Å². The van der Waals surface area contributed by atoms with Gasteiger partial charge in [0.2, 0.25) is 0 Å². The topological polar surface area (TPSA) is 65.9 Å². The van der Waals surface area contributed by atoms with Crippen molar-refractivity contribution in [3.05, 3.63) is 78.6 Å². The average Bonchev–Trinajstić information content (AvgIpc) is 3.10. The number of rotatable bonds is 6. The highest BCUT2D eigenvalue weighted by Crippen LogP contribution is 2.32. The molecule has 0 aliphatic carbocycles. The molecular formula is C22H24N2O2. The van der Waals surface area contributed by atoms with E-state index in [-0.39, 0.29) is 6.61 Å². The number of hydrogen-bond acceptors (Lipinski definition) is 3. The Labute approximate surface area is 154 Å². The zero-order valence-electron chi connectivity index (χ0n) is 15.5. The number of ether oxygens (including phenoxy) is 1. The number of carbonyl (C=O) groups is 1. The summed E-state index contributed by atoms with van der Waals surface area (Å²) < 4.78 is 5.04. The largest absolute Gasteiger partial charge is 0.463 e. The van der Waals surface area contributed by atoms with Crippen LogP contribution in [0, 0.1) is 11.3 Å². The highest BCUT2D eigenvalue weighted by Gasteiger charge is 2.15. The maximum atomic E-state index is 12.0. The van der Waals surface area contributed by atoms with E-state index in [1.54, 1.807) is 31.3 Å². The number of aromatic nitrogens is 1. The SMILES string of the molecule is C=C/C=C(C=C)/C(=C\C(=O)OCC)c1cccc2[nH]cc(C#N)c12.CC. The summed E-state index contributed by atoms with van der Waals surface area (Å²) in [6, 6.07) is 7.78. The van der Waals surface area contributed by atoms with Crippen molar-refractivity contribution in [1.82, 2.24) is 4.98 Å². The van der Waals surface area contributed by atoms with Crippen molar-refractivity contribution in [2.75, 3.05) is 6.61 Å². The second kappa shape index (κ2) is 10.5. The standard InChI is InChI=1S/C20H18N2O2.C2H6/c1-4-8-14(5-2)17(11-19(23)24-6-3)16-9-7-10-18-20(16)15(12-21)13-22-18;1-2/h4-5,7-11,13,22H,1-2,6H2,3H3;1-2H3/b14-8+,17-11+;. The number of carbonyl (C=O) groups excluding carboxylic acids is 1. The van der Waals surface area contributed by atoms with Gasteiger partial charge in [0.05, 0.1) is 12.2 Å². The van der Waals surface area contributed by atoms with Gasteiger partial charge in [-0.05, 0) is 29.7 Å². The molecule has 4 nitrogen and oxygen atoms in total. The van der Waals surface area contributed by atoms with Crippen molar-refractivity contribution in [3.8, 4) is 6.07 Å². The van der Waals surface area contributed by atoms with E-state index in [2.05, 4.69) is 24.2 Å². The minimum Gasteiger partial charge on any atom is -0.463 e. The fourth-order valence-corrected chi connectivity index (χ4v) is 2.51. The Balaban J connectivity index is 0.00000163. The minimum atomic E-state index is -0.449. The summed E-state index contributed by atoms with van der Waals surface area (Å²) in [7, 11) is 0. The zero-order valence-corrected chi connectivity index (χ0v) is 15.5. The van der Waals surface area contributed by atoms with Crippen LogP contribution in [0.3, 0.4) is 0 Å². The lowest BCUT2D eigenvalue weighted by atomic mass is 9.93. The summed E-state index contributed by atoms with van der Waals surface area (Å²) in [4.78, 5) is 15.1. The van der Waals surface area contributed by atoms with Gasteiger partial charge in [-0.3, -0.25) is 0 Å². The van der Waals surface area contributed by atoms with E-state index in [0.29, 0.717) is 11.1 Å². The lowest BCUT2D eigenvalue weighted by molar-refractivity contribution is -0.137. The van der Waals surface area contributed by atoms with Crippen LogP contribution in [-0.4, -0.2) is 17.6 Å². The van der Waals surface area contributed by atoms with Crippen molar-refractivity contribution in [1.29, 1.82) is 5.26 Å². The van der Waals surface area contributed by atoms with Gasteiger partial charge in [0.25, 0.3) is 0 Å².